The van der Waals surface area contributed by atoms with E-state index in [9.17, 15) is 27.6 Å². The molecule has 0 radical (unpaired) electrons. The molecule has 3 fully saturated rings. The molecule has 0 bridgehead atoms. The number of halogens is 4. The molecule has 0 unspecified atom stereocenters. The van der Waals surface area contributed by atoms with Crippen LogP contribution in [-0.2, 0) is 17.4 Å². The van der Waals surface area contributed by atoms with Crippen LogP contribution in [0.15, 0.2) is 30.6 Å². The first-order valence-electron chi connectivity index (χ1n) is 14.7. The van der Waals surface area contributed by atoms with Crippen molar-refractivity contribution in [1.82, 2.24) is 34.9 Å². The van der Waals surface area contributed by atoms with Crippen LogP contribution in [0.4, 0.5) is 18.9 Å². The second-order valence-corrected chi connectivity index (χ2v) is 11.8. The minimum atomic E-state index is -4.59. The topological polar surface area (TPSA) is 128 Å². The van der Waals surface area contributed by atoms with E-state index in [2.05, 4.69) is 25.7 Å². The zero-order valence-corrected chi connectivity index (χ0v) is 24.5. The lowest BCUT2D eigenvalue weighted by molar-refractivity contribution is -0.142. The summed E-state index contributed by atoms with van der Waals surface area (Å²) < 4.78 is 42.0. The highest BCUT2D eigenvalue weighted by atomic mass is 35.5. The number of alkyl halides is 3. The number of piperazine rings is 1. The quantitative estimate of drug-likeness (QED) is 0.364. The van der Waals surface area contributed by atoms with Gasteiger partial charge in [0.05, 0.1) is 16.6 Å². The third kappa shape index (κ3) is 6.60. The smallest absolute Gasteiger partial charge is 0.339 e. The minimum Gasteiger partial charge on any atom is -0.339 e. The van der Waals surface area contributed by atoms with Crippen molar-refractivity contribution in [2.75, 3.05) is 44.6 Å². The Morgan fingerprint density at radius 2 is 1.73 bits per heavy atom. The highest BCUT2D eigenvalue weighted by Crippen LogP contribution is 2.38. The summed E-state index contributed by atoms with van der Waals surface area (Å²) >= 11 is 6.44. The number of hydrogen-bond donors (Lipinski definition) is 3. The van der Waals surface area contributed by atoms with E-state index in [1.165, 1.54) is 29.2 Å². The Labute approximate surface area is 256 Å². The van der Waals surface area contributed by atoms with Gasteiger partial charge in [-0.2, -0.15) is 18.3 Å². The van der Waals surface area contributed by atoms with Crippen molar-refractivity contribution in [2.45, 2.75) is 44.3 Å². The van der Waals surface area contributed by atoms with E-state index >= 15 is 0 Å². The third-order valence-electron chi connectivity index (χ3n) is 8.25. The van der Waals surface area contributed by atoms with E-state index in [1.54, 1.807) is 11.0 Å². The number of piperidine rings is 1. The number of nitrogens with one attached hydrogen (secondary N) is 3. The van der Waals surface area contributed by atoms with Crippen LogP contribution in [0.25, 0.3) is 0 Å². The van der Waals surface area contributed by atoms with E-state index in [0.29, 0.717) is 37.6 Å². The van der Waals surface area contributed by atoms with Gasteiger partial charge in [0.15, 0.2) is 11.5 Å². The maximum absolute atomic E-state index is 13.5. The van der Waals surface area contributed by atoms with Crippen LogP contribution in [0.3, 0.4) is 0 Å². The SMILES string of the molecule is O=C(Nc1ccc(C(=O)N2CCN(C(=O)C3CCNCC3)CC2)c(Cl)c1)c1ncc(Cc2cn(C3CC3)nc2C(F)(F)F)[nH]1. The molecule has 3 aliphatic rings. The van der Waals surface area contributed by atoms with Gasteiger partial charge < -0.3 is 25.4 Å². The molecule has 11 nitrogen and oxygen atoms in total. The van der Waals surface area contributed by atoms with Gasteiger partial charge in [-0.1, -0.05) is 11.6 Å². The fourth-order valence-electron chi connectivity index (χ4n) is 5.68. The van der Waals surface area contributed by atoms with Gasteiger partial charge in [0.2, 0.25) is 5.91 Å². The van der Waals surface area contributed by atoms with E-state index < -0.39 is 17.8 Å². The number of rotatable bonds is 7. The first-order valence-corrected chi connectivity index (χ1v) is 15.0. The second-order valence-electron chi connectivity index (χ2n) is 11.4. The number of aromatic nitrogens is 4. The van der Waals surface area contributed by atoms with Crippen molar-refractivity contribution in [3.8, 4) is 0 Å². The Morgan fingerprint density at radius 3 is 2.39 bits per heavy atom. The summed E-state index contributed by atoms with van der Waals surface area (Å²) in [6, 6.07) is 4.51. The molecule has 0 spiro atoms. The van der Waals surface area contributed by atoms with Gasteiger partial charge in [-0.05, 0) is 57.0 Å². The highest BCUT2D eigenvalue weighted by Gasteiger charge is 2.39. The lowest BCUT2D eigenvalue weighted by Gasteiger charge is -2.37. The Morgan fingerprint density at radius 1 is 1.02 bits per heavy atom. The zero-order valence-electron chi connectivity index (χ0n) is 23.8. The molecule has 4 heterocycles. The molecule has 2 aromatic heterocycles. The van der Waals surface area contributed by atoms with Crippen molar-refractivity contribution < 1.29 is 27.6 Å². The molecule has 0 atom stereocenters. The first-order chi connectivity index (χ1) is 21.1. The molecule has 3 aromatic rings. The van der Waals surface area contributed by atoms with Crippen LogP contribution >= 0.6 is 11.6 Å². The molecular formula is C29H32ClF3N8O3. The molecule has 44 heavy (non-hydrogen) atoms. The van der Waals surface area contributed by atoms with Crippen molar-refractivity contribution in [1.29, 1.82) is 0 Å². The van der Waals surface area contributed by atoms with Gasteiger partial charge in [-0.3, -0.25) is 19.1 Å². The molecule has 3 N–H and O–H groups in total. The van der Waals surface area contributed by atoms with Crippen molar-refractivity contribution >= 4 is 35.0 Å². The molecule has 234 valence electrons. The minimum absolute atomic E-state index is 0.00170. The normalized spacial score (nSPS) is 18.0. The summed E-state index contributed by atoms with van der Waals surface area (Å²) in [4.78, 5) is 49.1. The number of carbonyl (C=O) groups excluding carboxylic acids is 3. The fourth-order valence-corrected chi connectivity index (χ4v) is 5.94. The molecule has 1 aliphatic carbocycles. The van der Waals surface area contributed by atoms with E-state index in [1.807, 2.05) is 4.90 Å². The van der Waals surface area contributed by atoms with Gasteiger partial charge in [-0.15, -0.1) is 0 Å². The zero-order chi connectivity index (χ0) is 31.0. The molecule has 1 saturated carbocycles. The number of H-pyrrole nitrogens is 1. The van der Waals surface area contributed by atoms with Crippen molar-refractivity contribution in [2.24, 2.45) is 5.92 Å². The van der Waals surface area contributed by atoms with E-state index in [4.69, 9.17) is 11.6 Å². The van der Waals surface area contributed by atoms with Crippen LogP contribution < -0.4 is 10.6 Å². The number of imidazole rings is 1. The van der Waals surface area contributed by atoms with Gasteiger partial charge in [0, 0.05) is 67.9 Å². The van der Waals surface area contributed by atoms with Crippen LogP contribution in [0, 0.1) is 5.92 Å². The number of nitrogens with zero attached hydrogens (tertiary/aromatic N) is 5. The monoisotopic (exact) mass is 632 g/mol. The lowest BCUT2D eigenvalue weighted by atomic mass is 9.96. The summed E-state index contributed by atoms with van der Waals surface area (Å²) in [6.45, 7) is 3.41. The van der Waals surface area contributed by atoms with Crippen LogP contribution in [0.5, 0.6) is 0 Å². The van der Waals surface area contributed by atoms with Crippen molar-refractivity contribution in [3.63, 3.8) is 0 Å². The van der Waals surface area contributed by atoms with Gasteiger partial charge >= 0.3 is 6.18 Å². The number of aromatic amines is 1. The molecule has 15 heteroatoms. The molecule has 6 rings (SSSR count). The number of hydrogen-bond acceptors (Lipinski definition) is 6. The molecule has 1 aromatic carbocycles. The van der Waals surface area contributed by atoms with Gasteiger partial charge in [-0.25, -0.2) is 4.98 Å². The van der Waals surface area contributed by atoms with E-state index in [-0.39, 0.29) is 52.2 Å². The molecule has 2 aliphatic heterocycles. The second kappa shape index (κ2) is 12.2. The molecular weight excluding hydrogens is 601 g/mol. The summed E-state index contributed by atoms with van der Waals surface area (Å²) in [5.41, 5.74) is -0.0246. The maximum atomic E-state index is 13.5. The number of anilines is 1. The predicted molar refractivity (Wildman–Crippen MR) is 154 cm³/mol. The average molecular weight is 633 g/mol. The lowest BCUT2D eigenvalue weighted by Crippen LogP contribution is -2.52. The first kappa shape index (κ1) is 30.1. The number of amides is 3. The van der Waals surface area contributed by atoms with Gasteiger partial charge in [0.25, 0.3) is 11.8 Å². The van der Waals surface area contributed by atoms with E-state index in [0.717, 1.165) is 38.8 Å². The number of benzene rings is 1. The molecule has 3 amide bonds. The summed E-state index contributed by atoms with van der Waals surface area (Å²) in [5, 5.41) is 9.80. The molecule has 2 saturated heterocycles. The summed E-state index contributed by atoms with van der Waals surface area (Å²) in [6.07, 6.45) is 1.25. The highest BCUT2D eigenvalue weighted by molar-refractivity contribution is 6.34. The van der Waals surface area contributed by atoms with Crippen molar-refractivity contribution in [3.05, 3.63) is 64.0 Å². The van der Waals surface area contributed by atoms with Crippen LogP contribution in [0.1, 0.15) is 69.7 Å². The third-order valence-corrected chi connectivity index (χ3v) is 8.56. The van der Waals surface area contributed by atoms with Crippen LogP contribution in [-0.4, -0.2) is 86.5 Å². The fraction of sp³-hybridized carbons (Fsp3) is 0.483. The summed E-state index contributed by atoms with van der Waals surface area (Å²) in [5.74, 6) is -0.790. The van der Waals surface area contributed by atoms with Gasteiger partial charge in [0.1, 0.15) is 0 Å². The standard InChI is InChI=1S/C29H32ClF3N8O3/c30-23-14-19(1-4-22(23)28(44)40-11-9-39(10-12-40)27(43)17-5-7-34-8-6-17)37-26(42)25-35-15-20(36-25)13-18-16-41(21-2-3-21)38-24(18)29(31,32)33/h1,4,14-17,21,34H,2-3,5-13H2,(H,35,36)(H,37,42). The van der Waals surface area contributed by atoms with Crippen LogP contribution in [0.2, 0.25) is 5.02 Å². The maximum Gasteiger partial charge on any atom is 0.435 e. The Kier molecular flexibility index (Phi) is 8.38. The Balaban J connectivity index is 1.05. The largest absolute Gasteiger partial charge is 0.435 e. The number of carbonyl (C=O) groups is 3. The Bertz CT molecular complexity index is 1550. The average Bonchev–Trinajstić information content (AvgIpc) is 3.60. The summed E-state index contributed by atoms with van der Waals surface area (Å²) in [7, 11) is 0. The predicted octanol–water partition coefficient (Wildman–Crippen LogP) is 3.74. The Hall–Kier alpha value is -3.91.